The highest BCUT2D eigenvalue weighted by molar-refractivity contribution is 5.88. The molecule has 3 rings (SSSR count). The van der Waals surface area contributed by atoms with Crippen molar-refractivity contribution in [2.45, 2.75) is 18.6 Å². The summed E-state index contributed by atoms with van der Waals surface area (Å²) in [5.41, 5.74) is 4.34. The fourth-order valence-electron chi connectivity index (χ4n) is 3.60. The molecule has 0 saturated heterocycles. The largest absolute Gasteiger partial charge is 0.328 e. The maximum Gasteiger partial charge on any atom is 0.147 e. The first-order valence-corrected chi connectivity index (χ1v) is 8.16. The summed E-state index contributed by atoms with van der Waals surface area (Å²) in [5, 5.41) is 8.01. The van der Waals surface area contributed by atoms with Crippen molar-refractivity contribution in [1.29, 1.82) is 0 Å². The van der Waals surface area contributed by atoms with Gasteiger partial charge in [0.15, 0.2) is 0 Å². The standard InChI is InChI=1S/C20H23N3O/c1-4-8-14(5-2)19(13-24)23-18-10-7-6-9-15(18)16-11-22-12-17(21-3)20(16)23/h4-10,13,17,19,21-22H,1-2,11-12H2,3H3/b14-8+. The molecule has 4 nitrogen and oxygen atoms in total. The third-order valence-electron chi connectivity index (χ3n) is 4.68. The lowest BCUT2D eigenvalue weighted by molar-refractivity contribution is -0.109. The number of aromatic nitrogens is 1. The first-order chi connectivity index (χ1) is 11.8. The summed E-state index contributed by atoms with van der Waals surface area (Å²) in [5.74, 6) is 0. The summed E-state index contributed by atoms with van der Waals surface area (Å²) < 4.78 is 2.15. The van der Waals surface area contributed by atoms with E-state index in [1.807, 2.05) is 25.3 Å². The second-order valence-electron chi connectivity index (χ2n) is 5.91. The maximum atomic E-state index is 12.0. The van der Waals surface area contributed by atoms with Crippen molar-refractivity contribution in [3.05, 3.63) is 72.5 Å². The third kappa shape index (κ3) is 2.54. The van der Waals surface area contributed by atoms with Gasteiger partial charge in [-0.2, -0.15) is 0 Å². The van der Waals surface area contributed by atoms with Gasteiger partial charge in [-0.1, -0.05) is 49.6 Å². The maximum absolute atomic E-state index is 12.0. The Hall–Kier alpha value is -2.43. The molecule has 0 radical (unpaired) electrons. The molecule has 0 saturated carbocycles. The van der Waals surface area contributed by atoms with Crippen LogP contribution >= 0.6 is 0 Å². The van der Waals surface area contributed by atoms with Gasteiger partial charge in [0.2, 0.25) is 0 Å². The van der Waals surface area contributed by atoms with Crippen LogP contribution in [0.5, 0.6) is 0 Å². The van der Waals surface area contributed by atoms with Gasteiger partial charge in [0.25, 0.3) is 0 Å². The van der Waals surface area contributed by atoms with E-state index in [2.05, 4.69) is 40.5 Å². The Kier molecular flexibility index (Phi) is 4.79. The Labute approximate surface area is 142 Å². The van der Waals surface area contributed by atoms with Gasteiger partial charge in [-0.15, -0.1) is 0 Å². The van der Waals surface area contributed by atoms with Crippen molar-refractivity contribution < 1.29 is 4.79 Å². The van der Waals surface area contributed by atoms with Gasteiger partial charge in [0.1, 0.15) is 12.3 Å². The van der Waals surface area contributed by atoms with Crippen LogP contribution in [0.25, 0.3) is 10.9 Å². The van der Waals surface area contributed by atoms with Crippen LogP contribution < -0.4 is 10.6 Å². The first kappa shape index (κ1) is 16.4. The molecule has 1 aliphatic heterocycles. The highest BCUT2D eigenvalue weighted by Gasteiger charge is 2.30. The quantitative estimate of drug-likeness (QED) is 0.635. The minimum Gasteiger partial charge on any atom is -0.328 e. The first-order valence-electron chi connectivity index (χ1n) is 8.16. The average molecular weight is 321 g/mol. The van der Waals surface area contributed by atoms with Crippen molar-refractivity contribution in [2.75, 3.05) is 13.6 Å². The molecule has 1 aromatic heterocycles. The van der Waals surface area contributed by atoms with Crippen molar-refractivity contribution in [1.82, 2.24) is 15.2 Å². The van der Waals surface area contributed by atoms with Crippen LogP contribution in [0.4, 0.5) is 0 Å². The number of hydrogen-bond acceptors (Lipinski definition) is 3. The van der Waals surface area contributed by atoms with E-state index < -0.39 is 6.04 Å². The SMILES string of the molecule is C=C/C=C(\C=C)C(C=O)n1c2c(c3ccccc31)CNCC2NC. The number of benzene rings is 1. The topological polar surface area (TPSA) is 46.1 Å². The van der Waals surface area contributed by atoms with Gasteiger partial charge >= 0.3 is 0 Å². The van der Waals surface area contributed by atoms with Gasteiger partial charge in [0, 0.05) is 29.7 Å². The number of allylic oxidation sites excluding steroid dienone is 4. The molecule has 2 heterocycles. The Morgan fingerprint density at radius 3 is 2.88 bits per heavy atom. The Balaban J connectivity index is 2.34. The summed E-state index contributed by atoms with van der Waals surface area (Å²) in [6.45, 7) is 9.27. The second kappa shape index (κ2) is 6.99. The van der Waals surface area contributed by atoms with Gasteiger partial charge in [-0.3, -0.25) is 0 Å². The van der Waals surface area contributed by atoms with Crippen molar-refractivity contribution in [2.24, 2.45) is 0 Å². The predicted octanol–water partition coefficient (Wildman–Crippen LogP) is 3.04. The molecule has 1 aliphatic rings. The lowest BCUT2D eigenvalue weighted by Gasteiger charge is -2.28. The van der Waals surface area contributed by atoms with Crippen LogP contribution in [0, 0.1) is 0 Å². The highest BCUT2D eigenvalue weighted by Crippen LogP contribution is 2.36. The molecule has 2 unspecified atom stereocenters. The van der Waals surface area contributed by atoms with Crippen molar-refractivity contribution in [3.63, 3.8) is 0 Å². The minimum atomic E-state index is -0.414. The second-order valence-corrected chi connectivity index (χ2v) is 5.91. The Morgan fingerprint density at radius 2 is 2.21 bits per heavy atom. The molecule has 124 valence electrons. The van der Waals surface area contributed by atoms with E-state index in [4.69, 9.17) is 0 Å². The molecular formula is C20H23N3O. The highest BCUT2D eigenvalue weighted by atomic mass is 16.1. The normalized spacial score (nSPS) is 18.9. The van der Waals surface area contributed by atoms with Crippen LogP contribution in [0.1, 0.15) is 23.3 Å². The average Bonchev–Trinajstić information content (AvgIpc) is 2.96. The zero-order valence-corrected chi connectivity index (χ0v) is 14.0. The smallest absolute Gasteiger partial charge is 0.147 e. The Morgan fingerprint density at radius 1 is 1.42 bits per heavy atom. The number of nitrogens with zero attached hydrogens (tertiary/aromatic N) is 1. The predicted molar refractivity (Wildman–Crippen MR) is 99.0 cm³/mol. The molecule has 0 spiro atoms. The fourth-order valence-corrected chi connectivity index (χ4v) is 3.60. The zero-order valence-electron chi connectivity index (χ0n) is 14.0. The van der Waals surface area contributed by atoms with E-state index in [9.17, 15) is 4.79 Å². The van der Waals surface area contributed by atoms with E-state index in [1.165, 1.54) is 16.6 Å². The molecule has 0 amide bonds. The lowest BCUT2D eigenvalue weighted by atomic mass is 10.0. The van der Waals surface area contributed by atoms with Crippen LogP contribution in [0.15, 0.2) is 61.2 Å². The molecule has 0 fully saturated rings. The molecular weight excluding hydrogens is 298 g/mol. The minimum absolute atomic E-state index is 0.151. The molecule has 0 aliphatic carbocycles. The number of carbonyl (C=O) groups is 1. The molecule has 1 aromatic carbocycles. The molecule has 2 aromatic rings. The van der Waals surface area contributed by atoms with Crippen molar-refractivity contribution in [3.8, 4) is 0 Å². The van der Waals surface area contributed by atoms with E-state index in [1.54, 1.807) is 12.2 Å². The summed E-state index contributed by atoms with van der Waals surface area (Å²) in [6.07, 6.45) is 6.27. The Bertz CT molecular complexity index is 816. The van der Waals surface area contributed by atoms with Crippen LogP contribution in [0.2, 0.25) is 0 Å². The van der Waals surface area contributed by atoms with Crippen LogP contribution in [-0.2, 0) is 11.3 Å². The van der Waals surface area contributed by atoms with E-state index in [0.717, 1.165) is 30.5 Å². The molecule has 24 heavy (non-hydrogen) atoms. The van der Waals surface area contributed by atoms with Gasteiger partial charge < -0.3 is 20.0 Å². The monoisotopic (exact) mass is 321 g/mol. The van der Waals surface area contributed by atoms with Crippen molar-refractivity contribution >= 4 is 17.2 Å². The number of carbonyl (C=O) groups excluding carboxylic acids is 1. The van der Waals surface area contributed by atoms with Crippen LogP contribution in [0.3, 0.4) is 0 Å². The van der Waals surface area contributed by atoms with Crippen LogP contribution in [-0.4, -0.2) is 24.4 Å². The molecule has 2 N–H and O–H groups in total. The van der Waals surface area contributed by atoms with E-state index in [-0.39, 0.29) is 6.04 Å². The molecule has 2 atom stereocenters. The lowest BCUT2D eigenvalue weighted by Crippen LogP contribution is -2.36. The number of nitrogens with one attached hydrogen (secondary N) is 2. The molecule has 0 bridgehead atoms. The third-order valence-corrected chi connectivity index (χ3v) is 4.68. The number of fused-ring (bicyclic) bond motifs is 3. The number of hydrogen-bond donors (Lipinski definition) is 2. The fraction of sp³-hybridized carbons (Fsp3) is 0.250. The zero-order chi connectivity index (χ0) is 17.1. The van der Waals surface area contributed by atoms with Gasteiger partial charge in [-0.25, -0.2) is 0 Å². The summed E-state index contributed by atoms with van der Waals surface area (Å²) in [4.78, 5) is 12.0. The number of likely N-dealkylation sites (N-methyl/N-ethyl adjacent to an activating group) is 1. The number of rotatable bonds is 6. The van der Waals surface area contributed by atoms with E-state index in [0.29, 0.717) is 0 Å². The summed E-state index contributed by atoms with van der Waals surface area (Å²) in [7, 11) is 1.95. The summed E-state index contributed by atoms with van der Waals surface area (Å²) in [6, 6.07) is 7.99. The van der Waals surface area contributed by atoms with E-state index >= 15 is 0 Å². The molecule has 4 heteroatoms. The number of aldehydes is 1. The van der Waals surface area contributed by atoms with Gasteiger partial charge in [-0.05, 0) is 24.3 Å². The van der Waals surface area contributed by atoms with Gasteiger partial charge in [0.05, 0.1) is 6.04 Å². The number of para-hydroxylation sites is 1. The summed E-state index contributed by atoms with van der Waals surface area (Å²) >= 11 is 0.